The summed E-state index contributed by atoms with van der Waals surface area (Å²) >= 11 is 5.78. The van der Waals surface area contributed by atoms with Gasteiger partial charge in [-0.2, -0.15) is 0 Å². The number of halogens is 1. The van der Waals surface area contributed by atoms with E-state index in [2.05, 4.69) is 0 Å². The van der Waals surface area contributed by atoms with Crippen molar-refractivity contribution in [3.63, 3.8) is 0 Å². The molecule has 0 atom stereocenters. The van der Waals surface area contributed by atoms with E-state index in [-0.39, 0.29) is 12.0 Å². The minimum atomic E-state index is -0.459. The molecule has 0 aromatic heterocycles. The van der Waals surface area contributed by atoms with Gasteiger partial charge < -0.3 is 15.0 Å². The lowest BCUT2D eigenvalue weighted by molar-refractivity contribution is 0.0202. The first-order valence-corrected chi connectivity index (χ1v) is 6.97. The fourth-order valence-corrected chi connectivity index (χ4v) is 2.15. The third kappa shape index (κ3) is 5.64. The summed E-state index contributed by atoms with van der Waals surface area (Å²) in [5, 5.41) is 8.56. The number of ether oxygens (including phenoxy) is 1. The number of amides is 1. The zero-order chi connectivity index (χ0) is 14.6. The summed E-state index contributed by atoms with van der Waals surface area (Å²) in [6.45, 7) is 8.63. The highest BCUT2D eigenvalue weighted by Crippen LogP contribution is 2.21. The van der Waals surface area contributed by atoms with Gasteiger partial charge in [-0.1, -0.05) is 11.6 Å². The van der Waals surface area contributed by atoms with Crippen LogP contribution in [0.1, 0.15) is 40.5 Å². The number of nitrogens with one attached hydrogen (secondary N) is 1. The Labute approximate surface area is 120 Å². The second kappa shape index (κ2) is 6.42. The van der Waals surface area contributed by atoms with Crippen molar-refractivity contribution in [1.82, 2.24) is 4.90 Å². The molecule has 5 heteroatoms. The number of nitrogens with zero attached hydrogens (tertiary/aromatic N) is 1. The lowest BCUT2D eigenvalue weighted by Crippen LogP contribution is -2.42. The Kier molecular flexibility index (Phi) is 5.41. The second-order valence-electron chi connectivity index (χ2n) is 5.93. The van der Waals surface area contributed by atoms with E-state index in [9.17, 15) is 4.79 Å². The van der Waals surface area contributed by atoms with Crippen molar-refractivity contribution in [3.05, 3.63) is 11.1 Å². The lowest BCUT2D eigenvalue weighted by Gasteiger charge is -2.33. The van der Waals surface area contributed by atoms with Crippen LogP contribution >= 0.6 is 11.6 Å². The van der Waals surface area contributed by atoms with Gasteiger partial charge in [0.15, 0.2) is 0 Å². The van der Waals surface area contributed by atoms with Crippen LogP contribution in [0, 0.1) is 11.3 Å². The molecule has 1 aliphatic heterocycles. The Hall–Kier alpha value is -1.03. The van der Waals surface area contributed by atoms with E-state index in [1.54, 1.807) is 17.9 Å². The van der Waals surface area contributed by atoms with Crippen LogP contribution in [0.15, 0.2) is 11.1 Å². The SMILES string of the molecule is C/C(Cl)=C\C(=N)C1CCN(C(=O)OC(C)(C)C)CC1. The van der Waals surface area contributed by atoms with Crippen LogP contribution in [-0.4, -0.2) is 35.4 Å². The van der Waals surface area contributed by atoms with E-state index in [0.29, 0.717) is 23.8 Å². The second-order valence-corrected chi connectivity index (χ2v) is 6.52. The Morgan fingerprint density at radius 3 is 2.32 bits per heavy atom. The molecule has 1 rings (SSSR count). The highest BCUT2D eigenvalue weighted by molar-refractivity contribution is 6.30. The van der Waals surface area contributed by atoms with Gasteiger partial charge >= 0.3 is 6.09 Å². The van der Waals surface area contributed by atoms with Crippen LogP contribution in [0.25, 0.3) is 0 Å². The van der Waals surface area contributed by atoms with E-state index in [1.807, 2.05) is 20.8 Å². The maximum Gasteiger partial charge on any atom is 0.410 e. The first-order valence-electron chi connectivity index (χ1n) is 6.59. The summed E-state index contributed by atoms with van der Waals surface area (Å²) in [6.07, 6.45) is 3.01. The number of hydrogen-bond donors (Lipinski definition) is 1. The van der Waals surface area contributed by atoms with E-state index in [0.717, 1.165) is 12.8 Å². The Morgan fingerprint density at radius 2 is 1.89 bits per heavy atom. The number of allylic oxidation sites excluding steroid dienone is 2. The van der Waals surface area contributed by atoms with Crippen LogP contribution in [0.5, 0.6) is 0 Å². The van der Waals surface area contributed by atoms with E-state index < -0.39 is 5.60 Å². The zero-order valence-electron chi connectivity index (χ0n) is 12.1. The summed E-state index contributed by atoms with van der Waals surface area (Å²) < 4.78 is 5.34. The Bertz CT molecular complexity index is 373. The molecule has 0 radical (unpaired) electrons. The van der Waals surface area contributed by atoms with Gasteiger partial charge in [0, 0.05) is 29.8 Å². The molecule has 0 spiro atoms. The highest BCUT2D eigenvalue weighted by atomic mass is 35.5. The van der Waals surface area contributed by atoms with Crippen molar-refractivity contribution in [2.75, 3.05) is 13.1 Å². The largest absolute Gasteiger partial charge is 0.444 e. The van der Waals surface area contributed by atoms with Gasteiger partial charge in [-0.25, -0.2) is 4.79 Å². The van der Waals surface area contributed by atoms with Crippen LogP contribution in [0.4, 0.5) is 4.79 Å². The molecule has 0 aromatic rings. The quantitative estimate of drug-likeness (QED) is 0.785. The highest BCUT2D eigenvalue weighted by Gasteiger charge is 2.27. The van der Waals surface area contributed by atoms with E-state index >= 15 is 0 Å². The predicted molar refractivity (Wildman–Crippen MR) is 77.9 cm³/mol. The summed E-state index contributed by atoms with van der Waals surface area (Å²) in [4.78, 5) is 13.6. The molecule has 0 aromatic carbocycles. The number of carbonyl (C=O) groups excluding carboxylic acids is 1. The smallest absolute Gasteiger partial charge is 0.410 e. The molecule has 1 aliphatic rings. The predicted octanol–water partition coefficient (Wildman–Crippen LogP) is 3.80. The van der Waals surface area contributed by atoms with Gasteiger partial charge in [0.1, 0.15) is 5.60 Å². The minimum absolute atomic E-state index is 0.187. The summed E-state index contributed by atoms with van der Waals surface area (Å²) in [5.41, 5.74) is 0.0930. The van der Waals surface area contributed by atoms with Crippen LogP contribution in [0.3, 0.4) is 0 Å². The van der Waals surface area contributed by atoms with Crippen LogP contribution < -0.4 is 0 Å². The average molecular weight is 287 g/mol. The van der Waals surface area contributed by atoms with Crippen molar-refractivity contribution >= 4 is 23.4 Å². The fraction of sp³-hybridized carbons (Fsp3) is 0.714. The Morgan fingerprint density at radius 1 is 1.37 bits per heavy atom. The van der Waals surface area contributed by atoms with Crippen molar-refractivity contribution < 1.29 is 9.53 Å². The zero-order valence-corrected chi connectivity index (χ0v) is 12.9. The molecule has 1 heterocycles. The minimum Gasteiger partial charge on any atom is -0.444 e. The van der Waals surface area contributed by atoms with Crippen molar-refractivity contribution in [1.29, 1.82) is 5.41 Å². The molecule has 108 valence electrons. The van der Waals surface area contributed by atoms with E-state index in [1.165, 1.54) is 0 Å². The molecule has 0 saturated carbocycles. The standard InChI is InChI=1S/C14H23ClN2O2/c1-10(15)9-12(16)11-5-7-17(8-6-11)13(18)19-14(2,3)4/h9,11,16H,5-8H2,1-4H3/b10-9+,16-12?. The maximum absolute atomic E-state index is 11.9. The monoisotopic (exact) mass is 286 g/mol. The number of likely N-dealkylation sites (tertiary alicyclic amines) is 1. The van der Waals surface area contributed by atoms with Crippen molar-refractivity contribution in [3.8, 4) is 0 Å². The van der Waals surface area contributed by atoms with Gasteiger partial charge in [-0.3, -0.25) is 0 Å². The number of rotatable bonds is 2. The molecule has 1 saturated heterocycles. The lowest BCUT2D eigenvalue weighted by atomic mass is 9.92. The Balaban J connectivity index is 2.47. The molecular formula is C14H23ClN2O2. The number of carbonyl (C=O) groups is 1. The third-order valence-electron chi connectivity index (χ3n) is 2.94. The average Bonchev–Trinajstić information content (AvgIpc) is 2.26. The molecule has 19 heavy (non-hydrogen) atoms. The molecule has 1 amide bonds. The first-order chi connectivity index (χ1) is 8.69. The normalized spacial score (nSPS) is 18.4. The molecule has 0 bridgehead atoms. The third-order valence-corrected chi connectivity index (χ3v) is 3.05. The van der Waals surface area contributed by atoms with Gasteiger partial charge in [0.2, 0.25) is 0 Å². The molecule has 0 unspecified atom stereocenters. The van der Waals surface area contributed by atoms with Gasteiger partial charge in [0.05, 0.1) is 0 Å². The van der Waals surface area contributed by atoms with Gasteiger partial charge in [0.25, 0.3) is 0 Å². The molecular weight excluding hydrogens is 264 g/mol. The summed E-state index contributed by atoms with van der Waals surface area (Å²) in [7, 11) is 0. The van der Waals surface area contributed by atoms with Gasteiger partial charge in [-0.15, -0.1) is 0 Å². The molecule has 1 fully saturated rings. The number of piperidine rings is 1. The molecule has 4 nitrogen and oxygen atoms in total. The van der Waals surface area contributed by atoms with Gasteiger partial charge in [-0.05, 0) is 46.6 Å². The maximum atomic E-state index is 11.9. The number of hydrogen-bond acceptors (Lipinski definition) is 3. The topological polar surface area (TPSA) is 53.4 Å². The molecule has 1 N–H and O–H groups in total. The first kappa shape index (κ1) is 16.0. The van der Waals surface area contributed by atoms with E-state index in [4.69, 9.17) is 21.7 Å². The van der Waals surface area contributed by atoms with Crippen molar-refractivity contribution in [2.24, 2.45) is 5.92 Å². The molecule has 0 aliphatic carbocycles. The summed E-state index contributed by atoms with van der Waals surface area (Å²) in [6, 6.07) is 0. The van der Waals surface area contributed by atoms with Crippen LogP contribution in [0.2, 0.25) is 0 Å². The van der Waals surface area contributed by atoms with Crippen LogP contribution in [-0.2, 0) is 4.74 Å². The van der Waals surface area contributed by atoms with Crippen molar-refractivity contribution in [2.45, 2.75) is 46.1 Å². The summed E-state index contributed by atoms with van der Waals surface area (Å²) in [5.74, 6) is 0.187. The fourth-order valence-electron chi connectivity index (χ4n) is 2.03.